The van der Waals surface area contributed by atoms with Crippen molar-refractivity contribution in [2.24, 2.45) is 5.92 Å². The number of rotatable bonds is 6. The van der Waals surface area contributed by atoms with Crippen LogP contribution in [0, 0.1) is 5.92 Å². The van der Waals surface area contributed by atoms with Crippen LogP contribution in [0.4, 0.5) is 0 Å². The first-order chi connectivity index (χ1) is 8.29. The molecule has 17 heavy (non-hydrogen) atoms. The van der Waals surface area contributed by atoms with Crippen molar-refractivity contribution in [2.75, 3.05) is 26.2 Å². The van der Waals surface area contributed by atoms with Crippen LogP contribution >= 0.6 is 11.3 Å². The second-order valence-corrected chi connectivity index (χ2v) is 6.12. The number of hydrogen-bond donors (Lipinski definition) is 1. The average Bonchev–Trinajstić information content (AvgIpc) is 2.96. The Kier molecular flexibility index (Phi) is 5.01. The molecule has 1 aromatic rings. The van der Waals surface area contributed by atoms with Crippen LogP contribution in [0.1, 0.15) is 25.1 Å². The zero-order chi connectivity index (χ0) is 12.1. The molecule has 2 atom stereocenters. The van der Waals surface area contributed by atoms with Crippen LogP contribution in [-0.2, 0) is 6.42 Å². The molecule has 0 saturated carbocycles. The third-order valence-corrected chi connectivity index (χ3v) is 4.60. The Balaban J connectivity index is 1.75. The first-order valence-electron chi connectivity index (χ1n) is 6.76. The molecule has 0 bridgehead atoms. The highest BCUT2D eigenvalue weighted by molar-refractivity contribution is 7.09. The lowest BCUT2D eigenvalue weighted by molar-refractivity contribution is 0.248. The third-order valence-electron chi connectivity index (χ3n) is 3.70. The molecule has 2 nitrogen and oxygen atoms in total. The summed E-state index contributed by atoms with van der Waals surface area (Å²) in [6.07, 6.45) is 2.58. The Hall–Kier alpha value is -0.380. The predicted octanol–water partition coefficient (Wildman–Crippen LogP) is 2.61. The Morgan fingerprint density at radius 3 is 3.18 bits per heavy atom. The molecular weight excluding hydrogens is 228 g/mol. The Bertz CT molecular complexity index is 310. The predicted molar refractivity (Wildman–Crippen MR) is 75.7 cm³/mol. The zero-order valence-electron chi connectivity index (χ0n) is 11.0. The van der Waals surface area contributed by atoms with Crippen molar-refractivity contribution in [1.29, 1.82) is 0 Å². The van der Waals surface area contributed by atoms with Crippen molar-refractivity contribution in [2.45, 2.75) is 32.7 Å². The molecule has 1 aliphatic heterocycles. The van der Waals surface area contributed by atoms with E-state index in [9.17, 15) is 0 Å². The van der Waals surface area contributed by atoms with Gasteiger partial charge in [0.05, 0.1) is 0 Å². The van der Waals surface area contributed by atoms with Gasteiger partial charge in [-0.3, -0.25) is 4.90 Å². The van der Waals surface area contributed by atoms with Crippen molar-refractivity contribution >= 4 is 11.3 Å². The van der Waals surface area contributed by atoms with Gasteiger partial charge in [-0.1, -0.05) is 13.0 Å². The molecule has 2 heterocycles. The van der Waals surface area contributed by atoms with Gasteiger partial charge in [-0.25, -0.2) is 0 Å². The van der Waals surface area contributed by atoms with Crippen molar-refractivity contribution in [1.82, 2.24) is 10.2 Å². The molecule has 0 amide bonds. The van der Waals surface area contributed by atoms with Crippen molar-refractivity contribution in [3.63, 3.8) is 0 Å². The van der Waals surface area contributed by atoms with Gasteiger partial charge in [0.1, 0.15) is 0 Å². The molecule has 1 N–H and O–H groups in total. The summed E-state index contributed by atoms with van der Waals surface area (Å²) < 4.78 is 0. The van der Waals surface area contributed by atoms with Crippen molar-refractivity contribution < 1.29 is 0 Å². The molecule has 2 rings (SSSR count). The summed E-state index contributed by atoms with van der Waals surface area (Å²) in [5.41, 5.74) is 0. The first kappa shape index (κ1) is 13.1. The summed E-state index contributed by atoms with van der Waals surface area (Å²) in [5, 5.41) is 5.65. The summed E-state index contributed by atoms with van der Waals surface area (Å²) in [7, 11) is 0. The van der Waals surface area contributed by atoms with E-state index in [1.165, 1.54) is 37.4 Å². The van der Waals surface area contributed by atoms with Gasteiger partial charge < -0.3 is 5.32 Å². The van der Waals surface area contributed by atoms with Gasteiger partial charge in [0.2, 0.25) is 0 Å². The summed E-state index contributed by atoms with van der Waals surface area (Å²) in [6.45, 7) is 9.41. The first-order valence-corrected chi connectivity index (χ1v) is 7.64. The Labute approximate surface area is 109 Å². The lowest BCUT2D eigenvalue weighted by atomic mass is 10.1. The lowest BCUT2D eigenvalue weighted by Gasteiger charge is -2.24. The maximum Gasteiger partial charge on any atom is 0.0115 e. The van der Waals surface area contributed by atoms with E-state index in [1.54, 1.807) is 0 Å². The fraction of sp³-hybridized carbons (Fsp3) is 0.714. The highest BCUT2D eigenvalue weighted by atomic mass is 32.1. The number of nitrogens with one attached hydrogen (secondary N) is 1. The molecule has 0 radical (unpaired) electrons. The monoisotopic (exact) mass is 252 g/mol. The quantitative estimate of drug-likeness (QED) is 0.837. The van der Waals surface area contributed by atoms with Crippen LogP contribution in [0.5, 0.6) is 0 Å². The van der Waals surface area contributed by atoms with E-state index >= 15 is 0 Å². The molecule has 0 spiro atoms. The van der Waals surface area contributed by atoms with Gasteiger partial charge >= 0.3 is 0 Å². The fourth-order valence-electron chi connectivity index (χ4n) is 2.63. The summed E-state index contributed by atoms with van der Waals surface area (Å²) in [6, 6.07) is 5.11. The van der Waals surface area contributed by atoms with E-state index < -0.39 is 0 Å². The molecule has 1 aliphatic rings. The lowest BCUT2D eigenvalue weighted by Crippen LogP contribution is -2.33. The number of nitrogens with zero attached hydrogens (tertiary/aromatic N) is 1. The standard InChI is InChI=1S/C14H24N2S/c1-3-15-10-13-6-7-16(11-13)12(2)9-14-5-4-8-17-14/h4-5,8,12-13,15H,3,6-7,9-11H2,1-2H3. The van der Waals surface area contributed by atoms with Crippen molar-refractivity contribution in [3.8, 4) is 0 Å². The van der Waals surface area contributed by atoms with Gasteiger partial charge in [-0.15, -0.1) is 11.3 Å². The average molecular weight is 252 g/mol. The maximum atomic E-state index is 3.47. The van der Waals surface area contributed by atoms with Crippen LogP contribution in [0.15, 0.2) is 17.5 Å². The van der Waals surface area contributed by atoms with E-state index in [4.69, 9.17) is 0 Å². The van der Waals surface area contributed by atoms with E-state index in [-0.39, 0.29) is 0 Å². The number of thiophene rings is 1. The molecule has 1 aromatic heterocycles. The van der Waals surface area contributed by atoms with E-state index in [0.717, 1.165) is 12.5 Å². The van der Waals surface area contributed by atoms with Crippen LogP contribution in [0.2, 0.25) is 0 Å². The van der Waals surface area contributed by atoms with Gasteiger partial charge in [-0.05, 0) is 56.8 Å². The fourth-order valence-corrected chi connectivity index (χ4v) is 3.45. The molecule has 2 unspecified atom stereocenters. The smallest absolute Gasteiger partial charge is 0.0115 e. The van der Waals surface area contributed by atoms with Gasteiger partial charge in [0.25, 0.3) is 0 Å². The summed E-state index contributed by atoms with van der Waals surface area (Å²) in [4.78, 5) is 4.18. The topological polar surface area (TPSA) is 15.3 Å². The van der Waals surface area contributed by atoms with Gasteiger partial charge in [-0.2, -0.15) is 0 Å². The Morgan fingerprint density at radius 2 is 2.47 bits per heavy atom. The minimum Gasteiger partial charge on any atom is -0.317 e. The molecule has 0 aliphatic carbocycles. The van der Waals surface area contributed by atoms with Crippen LogP contribution in [0.3, 0.4) is 0 Å². The molecule has 1 fully saturated rings. The highest BCUT2D eigenvalue weighted by Gasteiger charge is 2.25. The third kappa shape index (κ3) is 3.80. The number of likely N-dealkylation sites (tertiary alicyclic amines) is 1. The largest absolute Gasteiger partial charge is 0.317 e. The minimum absolute atomic E-state index is 0.695. The van der Waals surface area contributed by atoms with Gasteiger partial charge in [0, 0.05) is 17.5 Å². The van der Waals surface area contributed by atoms with Crippen molar-refractivity contribution in [3.05, 3.63) is 22.4 Å². The minimum atomic E-state index is 0.695. The molecule has 1 saturated heterocycles. The van der Waals surface area contributed by atoms with Gasteiger partial charge in [0.15, 0.2) is 0 Å². The normalized spacial score (nSPS) is 23.1. The molecule has 3 heteroatoms. The number of hydrogen-bond acceptors (Lipinski definition) is 3. The SMILES string of the molecule is CCNCC1CCN(C(C)Cc2cccs2)C1. The molecular formula is C14H24N2S. The van der Waals surface area contributed by atoms with E-state index in [0.29, 0.717) is 6.04 Å². The second kappa shape index (κ2) is 6.53. The maximum absolute atomic E-state index is 3.47. The summed E-state index contributed by atoms with van der Waals surface area (Å²) >= 11 is 1.89. The van der Waals surface area contributed by atoms with Crippen LogP contribution in [-0.4, -0.2) is 37.1 Å². The highest BCUT2D eigenvalue weighted by Crippen LogP contribution is 2.21. The Morgan fingerprint density at radius 1 is 1.59 bits per heavy atom. The molecule has 96 valence electrons. The van der Waals surface area contributed by atoms with Crippen LogP contribution in [0.25, 0.3) is 0 Å². The molecule has 0 aromatic carbocycles. The zero-order valence-corrected chi connectivity index (χ0v) is 11.8. The van der Waals surface area contributed by atoms with Crippen LogP contribution < -0.4 is 5.32 Å². The second-order valence-electron chi connectivity index (χ2n) is 5.09. The van der Waals surface area contributed by atoms with E-state index in [1.807, 2.05) is 11.3 Å². The van der Waals surface area contributed by atoms with E-state index in [2.05, 4.69) is 41.6 Å². The summed E-state index contributed by atoms with van der Waals surface area (Å²) in [5.74, 6) is 0.862.